The molecule has 3 N–H and O–H groups in total. The minimum absolute atomic E-state index is 0.0662. The van der Waals surface area contributed by atoms with Crippen LogP contribution in [0.1, 0.15) is 33.1 Å². The molecule has 0 saturated carbocycles. The summed E-state index contributed by atoms with van der Waals surface area (Å²) in [5, 5.41) is 17.9. The van der Waals surface area contributed by atoms with E-state index >= 15 is 0 Å². The van der Waals surface area contributed by atoms with Crippen molar-refractivity contribution < 1.29 is 19.5 Å². The summed E-state index contributed by atoms with van der Waals surface area (Å²) >= 11 is 0. The molecule has 2 aliphatic rings. The molecule has 7 nitrogen and oxygen atoms in total. The van der Waals surface area contributed by atoms with Crippen LogP contribution in [0, 0.1) is 23.7 Å². The van der Waals surface area contributed by atoms with Crippen LogP contribution in [0.2, 0.25) is 0 Å². The molecule has 2 aromatic carbocycles. The highest BCUT2D eigenvalue weighted by molar-refractivity contribution is 6.03. The first kappa shape index (κ1) is 24.9. The highest BCUT2D eigenvalue weighted by Crippen LogP contribution is 2.46. The minimum Gasteiger partial charge on any atom is -0.394 e. The van der Waals surface area contributed by atoms with Gasteiger partial charge in [-0.15, -0.1) is 0 Å². The molecule has 1 aliphatic heterocycles. The molecule has 3 amide bonds. The second kappa shape index (κ2) is 10.6. The zero-order valence-corrected chi connectivity index (χ0v) is 20.6. The van der Waals surface area contributed by atoms with E-state index in [1.807, 2.05) is 61.5 Å². The first-order valence-electron chi connectivity index (χ1n) is 12.6. The molecule has 0 bridgehead atoms. The van der Waals surface area contributed by atoms with Gasteiger partial charge in [-0.05, 0) is 41.7 Å². The molecule has 0 spiro atoms. The van der Waals surface area contributed by atoms with Crippen molar-refractivity contribution in [2.75, 3.05) is 19.0 Å². The predicted molar refractivity (Wildman–Crippen MR) is 136 cm³/mol. The zero-order chi connectivity index (χ0) is 25.1. The average Bonchev–Trinajstić information content (AvgIpc) is 3.16. The summed E-state index contributed by atoms with van der Waals surface area (Å²) in [6.45, 7) is 3.71. The third kappa shape index (κ3) is 4.57. The van der Waals surface area contributed by atoms with E-state index < -0.39 is 29.8 Å². The summed E-state index contributed by atoms with van der Waals surface area (Å²) < 4.78 is 0. The standard InChI is InChI=1S/C28H35N3O4/c1-4-8-18-12-14-22-24(23(18)26(33)29-3)28(35)31(21(5-2)16-32)25(22)27(34)30-20-13-11-17-9-6-7-10-19(17)15-20/h6-7,9-15,18,21-25,32H,4-5,8,16H2,1-3H3,(H,29,33)(H,30,34)/t18-,21+,22+,23-,24-,25+/m1/s1. The molecule has 1 heterocycles. The molecule has 186 valence electrons. The van der Waals surface area contributed by atoms with E-state index in [1.165, 1.54) is 0 Å². The van der Waals surface area contributed by atoms with Crippen molar-refractivity contribution in [1.29, 1.82) is 0 Å². The Morgan fingerprint density at radius 1 is 1.06 bits per heavy atom. The van der Waals surface area contributed by atoms with E-state index in [4.69, 9.17) is 0 Å². The van der Waals surface area contributed by atoms with Gasteiger partial charge in [0.1, 0.15) is 6.04 Å². The Labute approximate surface area is 206 Å². The largest absolute Gasteiger partial charge is 0.394 e. The van der Waals surface area contributed by atoms with Crippen molar-refractivity contribution in [3.63, 3.8) is 0 Å². The van der Waals surface area contributed by atoms with E-state index in [0.29, 0.717) is 12.1 Å². The van der Waals surface area contributed by atoms with Crippen molar-refractivity contribution in [2.24, 2.45) is 23.7 Å². The summed E-state index contributed by atoms with van der Waals surface area (Å²) in [6.07, 6.45) is 6.15. The van der Waals surface area contributed by atoms with Crippen LogP contribution < -0.4 is 10.6 Å². The van der Waals surface area contributed by atoms with Gasteiger partial charge in [-0.25, -0.2) is 0 Å². The Hall–Kier alpha value is -3.19. The molecule has 0 aromatic heterocycles. The van der Waals surface area contributed by atoms with Gasteiger partial charge in [-0.1, -0.05) is 62.8 Å². The van der Waals surface area contributed by atoms with E-state index in [-0.39, 0.29) is 30.2 Å². The number of hydrogen-bond acceptors (Lipinski definition) is 4. The number of amides is 3. The Bertz CT molecular complexity index is 1130. The Morgan fingerprint density at radius 3 is 2.46 bits per heavy atom. The molecule has 35 heavy (non-hydrogen) atoms. The molecular formula is C28H35N3O4. The van der Waals surface area contributed by atoms with Gasteiger partial charge in [0.15, 0.2) is 0 Å². The van der Waals surface area contributed by atoms with Crippen LogP contribution >= 0.6 is 0 Å². The number of nitrogens with one attached hydrogen (secondary N) is 2. The SMILES string of the molecule is CCC[C@@H]1C=C[C@H]2[C@@H](C(=O)N([C@@H](CC)CO)[C@@H]2C(=O)Nc2ccc3ccccc3c2)[C@@H]1C(=O)NC. The molecule has 6 atom stereocenters. The number of fused-ring (bicyclic) bond motifs is 2. The molecule has 4 rings (SSSR count). The fourth-order valence-corrected chi connectivity index (χ4v) is 5.87. The monoisotopic (exact) mass is 477 g/mol. The third-order valence-corrected chi connectivity index (χ3v) is 7.58. The highest BCUT2D eigenvalue weighted by Gasteiger charge is 2.58. The molecule has 0 unspecified atom stereocenters. The second-order valence-electron chi connectivity index (χ2n) is 9.57. The van der Waals surface area contributed by atoms with E-state index in [0.717, 1.165) is 23.6 Å². The summed E-state index contributed by atoms with van der Waals surface area (Å²) in [5.41, 5.74) is 0.646. The average molecular weight is 478 g/mol. The first-order chi connectivity index (χ1) is 16.9. The molecule has 1 saturated heterocycles. The van der Waals surface area contributed by atoms with E-state index in [9.17, 15) is 19.5 Å². The lowest BCUT2D eigenvalue weighted by atomic mass is 9.68. The number of hydrogen-bond donors (Lipinski definition) is 3. The van der Waals surface area contributed by atoms with Crippen LogP contribution in [0.5, 0.6) is 0 Å². The maximum Gasteiger partial charge on any atom is 0.247 e. The van der Waals surface area contributed by atoms with Gasteiger partial charge >= 0.3 is 0 Å². The molecule has 0 radical (unpaired) electrons. The number of aliphatic hydroxyl groups is 1. The Balaban J connectivity index is 1.72. The molecular weight excluding hydrogens is 442 g/mol. The lowest BCUT2D eigenvalue weighted by Gasteiger charge is -2.34. The van der Waals surface area contributed by atoms with Gasteiger partial charge in [-0.3, -0.25) is 14.4 Å². The third-order valence-electron chi connectivity index (χ3n) is 7.58. The summed E-state index contributed by atoms with van der Waals surface area (Å²) in [5.74, 6) is -2.40. The first-order valence-corrected chi connectivity index (χ1v) is 12.6. The van der Waals surface area contributed by atoms with Crippen LogP contribution in [0.4, 0.5) is 5.69 Å². The van der Waals surface area contributed by atoms with Crippen molar-refractivity contribution in [3.05, 3.63) is 54.6 Å². The van der Waals surface area contributed by atoms with Gasteiger partial charge in [-0.2, -0.15) is 0 Å². The van der Waals surface area contributed by atoms with Crippen LogP contribution in [0.3, 0.4) is 0 Å². The maximum atomic E-state index is 13.8. The number of allylic oxidation sites excluding steroid dienone is 1. The van der Waals surface area contributed by atoms with Gasteiger partial charge in [0.2, 0.25) is 17.7 Å². The lowest BCUT2D eigenvalue weighted by molar-refractivity contribution is -0.142. The molecule has 1 fully saturated rings. The van der Waals surface area contributed by atoms with Gasteiger partial charge in [0.25, 0.3) is 0 Å². The molecule has 1 aliphatic carbocycles. The van der Waals surface area contributed by atoms with Crippen LogP contribution in [-0.2, 0) is 14.4 Å². The second-order valence-corrected chi connectivity index (χ2v) is 9.57. The van der Waals surface area contributed by atoms with Crippen molar-refractivity contribution in [1.82, 2.24) is 10.2 Å². The smallest absolute Gasteiger partial charge is 0.247 e. The van der Waals surface area contributed by atoms with Gasteiger partial charge < -0.3 is 20.6 Å². The van der Waals surface area contributed by atoms with Crippen molar-refractivity contribution >= 4 is 34.2 Å². The van der Waals surface area contributed by atoms with Crippen LogP contribution in [-0.4, -0.2) is 53.5 Å². The van der Waals surface area contributed by atoms with Crippen molar-refractivity contribution in [3.8, 4) is 0 Å². The number of benzene rings is 2. The number of likely N-dealkylation sites (tertiary alicyclic amines) is 1. The lowest BCUT2D eigenvalue weighted by Crippen LogP contribution is -2.50. The summed E-state index contributed by atoms with van der Waals surface area (Å²) in [4.78, 5) is 42.1. The number of anilines is 1. The number of carbonyl (C=O) groups is 3. The van der Waals surface area contributed by atoms with Crippen LogP contribution in [0.25, 0.3) is 10.8 Å². The Morgan fingerprint density at radius 2 is 1.80 bits per heavy atom. The highest BCUT2D eigenvalue weighted by atomic mass is 16.3. The predicted octanol–water partition coefficient (Wildman–Crippen LogP) is 3.34. The Kier molecular flexibility index (Phi) is 7.55. The normalized spacial score (nSPS) is 26.5. The maximum absolute atomic E-state index is 13.8. The van der Waals surface area contributed by atoms with Crippen LogP contribution in [0.15, 0.2) is 54.6 Å². The van der Waals surface area contributed by atoms with E-state index in [2.05, 4.69) is 17.6 Å². The number of aliphatic hydroxyl groups excluding tert-OH is 1. The number of rotatable bonds is 8. The fraction of sp³-hybridized carbons (Fsp3) is 0.464. The number of carbonyl (C=O) groups excluding carboxylic acids is 3. The van der Waals surface area contributed by atoms with E-state index in [1.54, 1.807) is 11.9 Å². The molecule has 2 aromatic rings. The fourth-order valence-electron chi connectivity index (χ4n) is 5.87. The topological polar surface area (TPSA) is 98.7 Å². The van der Waals surface area contributed by atoms with Crippen molar-refractivity contribution in [2.45, 2.75) is 45.2 Å². The summed E-state index contributed by atoms with van der Waals surface area (Å²) in [6, 6.07) is 12.3. The van der Waals surface area contributed by atoms with Gasteiger partial charge in [0, 0.05) is 18.7 Å². The van der Waals surface area contributed by atoms with Gasteiger partial charge in [0.05, 0.1) is 24.5 Å². The minimum atomic E-state index is -0.804. The zero-order valence-electron chi connectivity index (χ0n) is 20.6. The molecule has 7 heteroatoms. The summed E-state index contributed by atoms with van der Waals surface area (Å²) in [7, 11) is 1.59. The quantitative estimate of drug-likeness (QED) is 0.508. The number of nitrogens with zero attached hydrogens (tertiary/aromatic N) is 1.